The standard InChI is InChI=1S/C12H12BrClN4O/c1-3-19-12-17-10(14)16-11(18-12)15-9-6-7(2)4-5-8(9)13/h4-6H,3H2,1-2H3,(H,15,16,17,18). The van der Waals surface area contributed by atoms with Gasteiger partial charge < -0.3 is 10.1 Å². The Hall–Kier alpha value is -1.40. The van der Waals surface area contributed by atoms with E-state index in [1.807, 2.05) is 32.0 Å². The molecule has 1 aromatic heterocycles. The number of nitrogens with zero attached hydrogens (tertiary/aromatic N) is 3. The number of benzene rings is 1. The Morgan fingerprint density at radius 1 is 1.32 bits per heavy atom. The first kappa shape index (κ1) is 14.0. The fourth-order valence-electron chi connectivity index (χ4n) is 1.44. The molecule has 0 saturated carbocycles. The van der Waals surface area contributed by atoms with Crippen molar-refractivity contribution in [2.45, 2.75) is 13.8 Å². The average molecular weight is 344 g/mol. The second kappa shape index (κ2) is 6.16. The molecule has 0 radical (unpaired) electrons. The number of halogens is 2. The molecule has 0 atom stereocenters. The Morgan fingerprint density at radius 3 is 2.84 bits per heavy atom. The van der Waals surface area contributed by atoms with E-state index in [1.54, 1.807) is 0 Å². The summed E-state index contributed by atoms with van der Waals surface area (Å²) in [5, 5.41) is 3.17. The molecular formula is C12H12BrClN4O. The number of anilines is 2. The highest BCUT2D eigenvalue weighted by molar-refractivity contribution is 9.10. The first-order valence-electron chi connectivity index (χ1n) is 5.66. The van der Waals surface area contributed by atoms with Gasteiger partial charge in [0.25, 0.3) is 0 Å². The summed E-state index contributed by atoms with van der Waals surface area (Å²) in [6.45, 7) is 4.32. The number of hydrogen-bond donors (Lipinski definition) is 1. The third-order valence-corrected chi connectivity index (χ3v) is 3.09. The predicted molar refractivity (Wildman–Crippen MR) is 78.2 cm³/mol. The predicted octanol–water partition coefficient (Wildman–Crippen LogP) is 3.74. The SMILES string of the molecule is CCOc1nc(Cl)nc(Nc2cc(C)ccc2Br)n1. The van der Waals surface area contributed by atoms with E-state index in [-0.39, 0.29) is 11.3 Å². The second-order valence-electron chi connectivity index (χ2n) is 3.75. The highest BCUT2D eigenvalue weighted by Gasteiger charge is 2.08. The molecule has 0 unspecified atom stereocenters. The monoisotopic (exact) mass is 342 g/mol. The molecule has 0 bridgehead atoms. The molecule has 0 aliphatic carbocycles. The third-order valence-electron chi connectivity index (χ3n) is 2.23. The van der Waals surface area contributed by atoms with Crippen LogP contribution < -0.4 is 10.1 Å². The van der Waals surface area contributed by atoms with Crippen molar-refractivity contribution in [2.24, 2.45) is 0 Å². The highest BCUT2D eigenvalue weighted by atomic mass is 79.9. The molecular weight excluding hydrogens is 332 g/mol. The van der Waals surface area contributed by atoms with Crippen molar-refractivity contribution in [3.05, 3.63) is 33.5 Å². The van der Waals surface area contributed by atoms with Crippen molar-refractivity contribution in [3.63, 3.8) is 0 Å². The van der Waals surface area contributed by atoms with Crippen LogP contribution in [0, 0.1) is 6.92 Å². The van der Waals surface area contributed by atoms with Gasteiger partial charge in [-0.2, -0.15) is 15.0 Å². The van der Waals surface area contributed by atoms with Gasteiger partial charge in [0.2, 0.25) is 11.2 Å². The first-order chi connectivity index (χ1) is 9.08. The van der Waals surface area contributed by atoms with Gasteiger partial charge >= 0.3 is 6.01 Å². The lowest BCUT2D eigenvalue weighted by atomic mass is 10.2. The molecule has 7 heteroatoms. The van der Waals surface area contributed by atoms with Crippen molar-refractivity contribution < 1.29 is 4.74 Å². The minimum atomic E-state index is 0.0877. The summed E-state index contributed by atoms with van der Waals surface area (Å²) >= 11 is 9.29. The molecule has 0 saturated heterocycles. The zero-order chi connectivity index (χ0) is 13.8. The van der Waals surface area contributed by atoms with Crippen molar-refractivity contribution in [3.8, 4) is 6.01 Å². The molecule has 0 aliphatic heterocycles. The van der Waals surface area contributed by atoms with E-state index in [1.165, 1.54) is 0 Å². The van der Waals surface area contributed by atoms with E-state index in [0.717, 1.165) is 15.7 Å². The number of nitrogens with one attached hydrogen (secondary N) is 1. The topological polar surface area (TPSA) is 59.9 Å². The molecule has 5 nitrogen and oxygen atoms in total. The van der Waals surface area contributed by atoms with Gasteiger partial charge in [-0.1, -0.05) is 6.07 Å². The van der Waals surface area contributed by atoms with E-state index in [9.17, 15) is 0 Å². The molecule has 100 valence electrons. The Balaban J connectivity index is 2.29. The zero-order valence-corrected chi connectivity index (χ0v) is 12.8. The van der Waals surface area contributed by atoms with Crippen LogP contribution >= 0.6 is 27.5 Å². The number of aromatic nitrogens is 3. The fourth-order valence-corrected chi connectivity index (χ4v) is 1.93. The van der Waals surface area contributed by atoms with Crippen LogP contribution in [0.4, 0.5) is 11.6 Å². The maximum atomic E-state index is 5.83. The van der Waals surface area contributed by atoms with Crippen LogP contribution in [-0.4, -0.2) is 21.6 Å². The van der Waals surface area contributed by atoms with Gasteiger partial charge in [0.1, 0.15) is 0 Å². The molecule has 0 aliphatic rings. The molecule has 2 aromatic rings. The van der Waals surface area contributed by atoms with Crippen LogP contribution in [0.3, 0.4) is 0 Å². The van der Waals surface area contributed by atoms with Gasteiger partial charge in [-0.25, -0.2) is 0 Å². The highest BCUT2D eigenvalue weighted by Crippen LogP contribution is 2.26. The maximum Gasteiger partial charge on any atom is 0.322 e. The quantitative estimate of drug-likeness (QED) is 0.916. The van der Waals surface area contributed by atoms with E-state index in [4.69, 9.17) is 16.3 Å². The molecule has 0 amide bonds. The Morgan fingerprint density at radius 2 is 2.11 bits per heavy atom. The molecule has 1 heterocycles. The molecule has 0 spiro atoms. The van der Waals surface area contributed by atoms with E-state index >= 15 is 0 Å². The fraction of sp³-hybridized carbons (Fsp3) is 0.250. The van der Waals surface area contributed by atoms with Crippen molar-refractivity contribution >= 4 is 39.2 Å². The van der Waals surface area contributed by atoms with Crippen molar-refractivity contribution in [1.82, 2.24) is 15.0 Å². The van der Waals surface area contributed by atoms with Crippen LogP contribution in [-0.2, 0) is 0 Å². The normalized spacial score (nSPS) is 10.3. The Bertz CT molecular complexity index is 594. The van der Waals surface area contributed by atoms with Gasteiger partial charge in [0, 0.05) is 4.47 Å². The average Bonchev–Trinajstić information content (AvgIpc) is 2.33. The number of aryl methyl sites for hydroxylation is 1. The van der Waals surface area contributed by atoms with Crippen molar-refractivity contribution in [2.75, 3.05) is 11.9 Å². The first-order valence-corrected chi connectivity index (χ1v) is 6.83. The lowest BCUT2D eigenvalue weighted by molar-refractivity contribution is 0.312. The number of rotatable bonds is 4. The minimum Gasteiger partial charge on any atom is -0.464 e. The van der Waals surface area contributed by atoms with Crippen molar-refractivity contribution in [1.29, 1.82) is 0 Å². The molecule has 1 N–H and O–H groups in total. The number of ether oxygens (including phenoxy) is 1. The minimum absolute atomic E-state index is 0.0877. The largest absolute Gasteiger partial charge is 0.464 e. The van der Waals surface area contributed by atoms with Gasteiger partial charge in [0.15, 0.2) is 0 Å². The van der Waals surface area contributed by atoms with Crippen LogP contribution in [0.2, 0.25) is 5.28 Å². The van der Waals surface area contributed by atoms with E-state index < -0.39 is 0 Å². The summed E-state index contributed by atoms with van der Waals surface area (Å²) in [6.07, 6.45) is 0. The van der Waals surface area contributed by atoms with Gasteiger partial charge in [-0.05, 0) is 59.1 Å². The molecule has 0 fully saturated rings. The van der Waals surface area contributed by atoms with Gasteiger partial charge in [-0.3, -0.25) is 0 Å². The summed E-state index contributed by atoms with van der Waals surface area (Å²) in [7, 11) is 0. The summed E-state index contributed by atoms with van der Waals surface area (Å²) < 4.78 is 6.13. The van der Waals surface area contributed by atoms with Crippen LogP contribution in [0.5, 0.6) is 6.01 Å². The van der Waals surface area contributed by atoms with Crippen LogP contribution in [0.15, 0.2) is 22.7 Å². The third kappa shape index (κ3) is 3.78. The smallest absolute Gasteiger partial charge is 0.322 e. The Kier molecular flexibility index (Phi) is 4.55. The summed E-state index contributed by atoms with van der Waals surface area (Å²) in [5.41, 5.74) is 1.97. The molecule has 19 heavy (non-hydrogen) atoms. The van der Waals surface area contributed by atoms with Crippen LogP contribution in [0.1, 0.15) is 12.5 Å². The molecule has 1 aromatic carbocycles. The lowest BCUT2D eigenvalue weighted by Crippen LogP contribution is -2.04. The zero-order valence-electron chi connectivity index (χ0n) is 10.4. The summed E-state index contributed by atoms with van der Waals surface area (Å²) in [5.74, 6) is 0.342. The Labute approximate surface area is 124 Å². The second-order valence-corrected chi connectivity index (χ2v) is 4.94. The van der Waals surface area contributed by atoms with Crippen LogP contribution in [0.25, 0.3) is 0 Å². The molecule has 2 rings (SSSR count). The number of hydrogen-bond acceptors (Lipinski definition) is 5. The van der Waals surface area contributed by atoms with E-state index in [0.29, 0.717) is 12.6 Å². The van der Waals surface area contributed by atoms with E-state index in [2.05, 4.69) is 36.2 Å². The maximum absolute atomic E-state index is 5.83. The lowest BCUT2D eigenvalue weighted by Gasteiger charge is -2.09. The summed E-state index contributed by atoms with van der Waals surface area (Å²) in [6, 6.07) is 6.13. The van der Waals surface area contributed by atoms with Gasteiger partial charge in [0.05, 0.1) is 12.3 Å². The summed E-state index contributed by atoms with van der Waals surface area (Å²) in [4.78, 5) is 12.0. The van der Waals surface area contributed by atoms with Gasteiger partial charge in [-0.15, -0.1) is 0 Å².